The maximum atomic E-state index is 12.0. The molecule has 0 spiro atoms. The van der Waals surface area contributed by atoms with Crippen molar-refractivity contribution in [2.45, 2.75) is 25.9 Å². The van der Waals surface area contributed by atoms with Gasteiger partial charge < -0.3 is 19.3 Å². The number of aromatic hydroxyl groups is 1. The number of benzene rings is 1. The summed E-state index contributed by atoms with van der Waals surface area (Å²) >= 11 is 0. The summed E-state index contributed by atoms with van der Waals surface area (Å²) in [4.78, 5) is 23.0. The zero-order chi connectivity index (χ0) is 14.9. The highest BCUT2D eigenvalue weighted by Gasteiger charge is 2.34. The molecule has 2 rings (SSSR count). The highest BCUT2D eigenvalue weighted by molar-refractivity contribution is 6.03. The number of methoxy groups -OCH3 is 1. The third kappa shape index (κ3) is 2.84. The molecule has 1 aliphatic heterocycles. The van der Waals surface area contributed by atoms with Crippen molar-refractivity contribution >= 4 is 11.8 Å². The zero-order valence-electron chi connectivity index (χ0n) is 11.6. The molecule has 1 aromatic carbocycles. The first-order valence-corrected chi connectivity index (χ1v) is 6.11. The Morgan fingerprint density at radius 3 is 2.80 bits per heavy atom. The van der Waals surface area contributed by atoms with Crippen molar-refractivity contribution < 1.29 is 28.9 Å². The summed E-state index contributed by atoms with van der Waals surface area (Å²) in [5, 5.41) is 9.90. The van der Waals surface area contributed by atoms with E-state index in [-0.39, 0.29) is 41.6 Å². The maximum absolute atomic E-state index is 12.0. The lowest BCUT2D eigenvalue weighted by atomic mass is 9.92. The maximum Gasteiger partial charge on any atom is 0.343 e. The summed E-state index contributed by atoms with van der Waals surface area (Å²) < 4.78 is 15.3. The van der Waals surface area contributed by atoms with E-state index in [2.05, 4.69) is 4.74 Å². The Balaban J connectivity index is 2.30. The molecule has 1 aromatic rings. The molecule has 0 bridgehead atoms. The van der Waals surface area contributed by atoms with Crippen molar-refractivity contribution in [3.63, 3.8) is 0 Å². The van der Waals surface area contributed by atoms with Crippen LogP contribution >= 0.6 is 0 Å². The van der Waals surface area contributed by atoms with Crippen LogP contribution in [-0.4, -0.2) is 36.2 Å². The number of carbonyl (C=O) groups excluding carboxylic acids is 2. The van der Waals surface area contributed by atoms with Gasteiger partial charge in [0.2, 0.25) is 0 Å². The Kier molecular flexibility index (Phi) is 3.57. The van der Waals surface area contributed by atoms with E-state index in [0.717, 1.165) is 0 Å². The fraction of sp³-hybridized carbons (Fsp3) is 0.429. The Hall–Kier alpha value is -2.24. The van der Waals surface area contributed by atoms with Crippen LogP contribution in [0.5, 0.6) is 17.2 Å². The quantitative estimate of drug-likeness (QED) is 0.848. The molecule has 6 heteroatoms. The largest absolute Gasteiger partial charge is 0.507 e. The SMILES string of the molecule is COC(=O)COc1cc(O)c2c(c1)OC(C)(C)CC2=O. The van der Waals surface area contributed by atoms with Crippen LogP contribution in [0, 0.1) is 0 Å². The number of Topliss-reactive ketones (excluding diaryl/α,β-unsaturated/α-hetero) is 1. The molecule has 108 valence electrons. The molecule has 0 saturated heterocycles. The molecule has 1 aliphatic rings. The van der Waals surface area contributed by atoms with Crippen LogP contribution < -0.4 is 9.47 Å². The van der Waals surface area contributed by atoms with Crippen LogP contribution in [0.4, 0.5) is 0 Å². The third-order valence-corrected chi connectivity index (χ3v) is 2.89. The number of phenolic OH excluding ortho intramolecular Hbond substituents is 1. The second-order valence-electron chi connectivity index (χ2n) is 5.14. The molecule has 0 aromatic heterocycles. The molecule has 6 nitrogen and oxygen atoms in total. The Labute approximate surface area is 116 Å². The van der Waals surface area contributed by atoms with Gasteiger partial charge in [-0.05, 0) is 13.8 Å². The van der Waals surface area contributed by atoms with E-state index in [9.17, 15) is 14.7 Å². The van der Waals surface area contributed by atoms with Gasteiger partial charge in [-0.15, -0.1) is 0 Å². The van der Waals surface area contributed by atoms with Gasteiger partial charge in [-0.1, -0.05) is 0 Å². The van der Waals surface area contributed by atoms with E-state index in [1.807, 2.05) is 0 Å². The molecule has 0 amide bonds. The summed E-state index contributed by atoms with van der Waals surface area (Å²) in [5.41, 5.74) is -0.493. The number of phenols is 1. The van der Waals surface area contributed by atoms with Gasteiger partial charge in [0, 0.05) is 12.1 Å². The van der Waals surface area contributed by atoms with Crippen molar-refractivity contribution in [2.24, 2.45) is 0 Å². The minimum absolute atomic E-state index is 0.148. The summed E-state index contributed by atoms with van der Waals surface area (Å²) in [5.74, 6) is -0.459. The van der Waals surface area contributed by atoms with E-state index < -0.39 is 11.6 Å². The van der Waals surface area contributed by atoms with Crippen molar-refractivity contribution in [3.05, 3.63) is 17.7 Å². The van der Waals surface area contributed by atoms with Gasteiger partial charge in [-0.25, -0.2) is 4.79 Å². The predicted octanol–water partition coefficient (Wildman–Crippen LogP) is 1.69. The van der Waals surface area contributed by atoms with Crippen LogP contribution in [0.3, 0.4) is 0 Å². The van der Waals surface area contributed by atoms with Gasteiger partial charge in [0.05, 0.1) is 13.5 Å². The van der Waals surface area contributed by atoms with Crippen molar-refractivity contribution in [1.82, 2.24) is 0 Å². The second-order valence-corrected chi connectivity index (χ2v) is 5.14. The summed E-state index contributed by atoms with van der Waals surface area (Å²) in [6.45, 7) is 3.28. The lowest BCUT2D eigenvalue weighted by molar-refractivity contribution is -0.142. The molecule has 1 N–H and O–H groups in total. The molecule has 20 heavy (non-hydrogen) atoms. The number of fused-ring (bicyclic) bond motifs is 1. The fourth-order valence-corrected chi connectivity index (χ4v) is 2.03. The van der Waals surface area contributed by atoms with Crippen LogP contribution in [0.2, 0.25) is 0 Å². The monoisotopic (exact) mass is 280 g/mol. The van der Waals surface area contributed by atoms with Crippen LogP contribution in [0.15, 0.2) is 12.1 Å². The van der Waals surface area contributed by atoms with Crippen LogP contribution in [-0.2, 0) is 9.53 Å². The van der Waals surface area contributed by atoms with Gasteiger partial charge in [0.1, 0.15) is 28.4 Å². The lowest BCUT2D eigenvalue weighted by Crippen LogP contribution is -2.35. The first-order chi connectivity index (χ1) is 9.32. The molecule has 1 heterocycles. The average Bonchev–Trinajstić information content (AvgIpc) is 2.33. The molecule has 0 unspecified atom stereocenters. The Morgan fingerprint density at radius 2 is 2.15 bits per heavy atom. The van der Waals surface area contributed by atoms with E-state index in [1.165, 1.54) is 19.2 Å². The third-order valence-electron chi connectivity index (χ3n) is 2.89. The highest BCUT2D eigenvalue weighted by Crippen LogP contribution is 2.40. The molecule has 0 aliphatic carbocycles. The number of rotatable bonds is 3. The highest BCUT2D eigenvalue weighted by atomic mass is 16.6. The normalized spacial score (nSPS) is 16.1. The topological polar surface area (TPSA) is 82.1 Å². The summed E-state index contributed by atoms with van der Waals surface area (Å²) in [6.07, 6.45) is 0.190. The summed E-state index contributed by atoms with van der Waals surface area (Å²) in [7, 11) is 1.25. The van der Waals surface area contributed by atoms with E-state index in [0.29, 0.717) is 0 Å². The van der Waals surface area contributed by atoms with Crippen molar-refractivity contribution in [1.29, 1.82) is 0 Å². The van der Waals surface area contributed by atoms with Gasteiger partial charge in [0.25, 0.3) is 0 Å². The van der Waals surface area contributed by atoms with Crippen molar-refractivity contribution in [3.8, 4) is 17.2 Å². The number of hydrogen-bond acceptors (Lipinski definition) is 6. The fourth-order valence-electron chi connectivity index (χ4n) is 2.03. The number of ether oxygens (including phenoxy) is 3. The number of ketones is 1. The minimum atomic E-state index is -0.641. The number of carbonyl (C=O) groups is 2. The smallest absolute Gasteiger partial charge is 0.343 e. The van der Waals surface area contributed by atoms with Gasteiger partial charge in [-0.2, -0.15) is 0 Å². The first-order valence-electron chi connectivity index (χ1n) is 6.11. The Morgan fingerprint density at radius 1 is 1.45 bits per heavy atom. The number of esters is 1. The minimum Gasteiger partial charge on any atom is -0.507 e. The van der Waals surface area contributed by atoms with Gasteiger partial charge in [0.15, 0.2) is 12.4 Å². The Bertz CT molecular complexity index is 561. The molecule has 0 atom stereocenters. The molecular weight excluding hydrogens is 264 g/mol. The summed E-state index contributed by atoms with van der Waals surface area (Å²) in [6, 6.07) is 2.76. The molecule has 0 saturated carbocycles. The van der Waals surface area contributed by atoms with E-state index >= 15 is 0 Å². The van der Waals surface area contributed by atoms with E-state index in [1.54, 1.807) is 13.8 Å². The van der Waals surface area contributed by atoms with E-state index in [4.69, 9.17) is 9.47 Å². The van der Waals surface area contributed by atoms with Gasteiger partial charge >= 0.3 is 5.97 Å². The zero-order valence-corrected chi connectivity index (χ0v) is 11.6. The molecular formula is C14H16O6. The predicted molar refractivity (Wildman–Crippen MR) is 69.3 cm³/mol. The average molecular weight is 280 g/mol. The van der Waals surface area contributed by atoms with Gasteiger partial charge in [-0.3, -0.25) is 4.79 Å². The van der Waals surface area contributed by atoms with Crippen LogP contribution in [0.1, 0.15) is 30.6 Å². The molecule has 0 radical (unpaired) electrons. The lowest BCUT2D eigenvalue weighted by Gasteiger charge is -2.32. The second kappa shape index (κ2) is 5.03. The standard InChI is InChI=1S/C14H16O6/c1-14(2)6-10(16)13-9(15)4-8(5-11(13)20-14)19-7-12(17)18-3/h4-5,15H,6-7H2,1-3H3. The van der Waals surface area contributed by atoms with Crippen molar-refractivity contribution in [2.75, 3.05) is 13.7 Å². The first kappa shape index (κ1) is 14.2. The van der Waals surface area contributed by atoms with Crippen LogP contribution in [0.25, 0.3) is 0 Å². The molecule has 0 fully saturated rings. The number of hydrogen-bond donors (Lipinski definition) is 1.